The summed E-state index contributed by atoms with van der Waals surface area (Å²) in [4.78, 5) is 31.0. The van der Waals surface area contributed by atoms with Crippen molar-refractivity contribution < 1.29 is 19.2 Å². The average molecular weight is 254 g/mol. The van der Waals surface area contributed by atoms with Gasteiger partial charge in [-0.3, -0.25) is 9.63 Å². The molecule has 0 bridgehead atoms. The van der Waals surface area contributed by atoms with Crippen LogP contribution in [0.4, 0.5) is 0 Å². The zero-order chi connectivity index (χ0) is 13.9. The van der Waals surface area contributed by atoms with Crippen LogP contribution < -0.4 is 5.48 Å². The maximum Gasteiger partial charge on any atom is 0.340 e. The molecule has 6 nitrogen and oxygen atoms in total. The van der Waals surface area contributed by atoms with E-state index in [4.69, 9.17) is 4.74 Å². The Hall–Kier alpha value is -1.82. The van der Waals surface area contributed by atoms with Crippen molar-refractivity contribution in [3.63, 3.8) is 0 Å². The first kappa shape index (κ1) is 14.2. The molecule has 0 radical (unpaired) electrons. The van der Waals surface area contributed by atoms with E-state index in [0.29, 0.717) is 22.5 Å². The lowest BCUT2D eigenvalue weighted by Crippen LogP contribution is -2.23. The van der Waals surface area contributed by atoms with Gasteiger partial charge in [0.1, 0.15) is 5.69 Å². The minimum Gasteiger partial charge on any atom is -0.459 e. The number of aryl methyl sites for hydroxylation is 1. The normalized spacial score (nSPS) is 10.6. The number of rotatable bonds is 4. The van der Waals surface area contributed by atoms with Gasteiger partial charge in [0.05, 0.1) is 18.8 Å². The Bertz CT molecular complexity index is 463. The highest BCUT2D eigenvalue weighted by atomic mass is 16.6. The maximum atomic E-state index is 11.9. The standard InChI is InChI=1S/C12H18N2O4/c1-6(2)18-12(16)9-7(3)10(13-8(9)4)11(15)14-17-5/h6,13H,1-5H3,(H,14,15). The van der Waals surface area contributed by atoms with Gasteiger partial charge in [0.2, 0.25) is 0 Å². The number of nitrogens with one attached hydrogen (secondary N) is 2. The van der Waals surface area contributed by atoms with Gasteiger partial charge < -0.3 is 9.72 Å². The minimum atomic E-state index is -0.437. The molecule has 0 fully saturated rings. The van der Waals surface area contributed by atoms with E-state index in [1.54, 1.807) is 27.7 Å². The number of aromatic nitrogens is 1. The summed E-state index contributed by atoms with van der Waals surface area (Å²) >= 11 is 0. The highest BCUT2D eigenvalue weighted by molar-refractivity contribution is 6.00. The molecule has 6 heteroatoms. The predicted molar refractivity (Wildman–Crippen MR) is 65.3 cm³/mol. The molecule has 1 rings (SSSR count). The molecule has 0 spiro atoms. The largest absolute Gasteiger partial charge is 0.459 e. The lowest BCUT2D eigenvalue weighted by molar-refractivity contribution is 0.0376. The van der Waals surface area contributed by atoms with Crippen LogP contribution in [0.2, 0.25) is 0 Å². The first-order valence-electron chi connectivity index (χ1n) is 5.62. The quantitative estimate of drug-likeness (QED) is 0.630. The van der Waals surface area contributed by atoms with E-state index in [1.165, 1.54) is 7.11 Å². The van der Waals surface area contributed by atoms with Gasteiger partial charge in [0.15, 0.2) is 0 Å². The molecule has 1 aromatic heterocycles. The van der Waals surface area contributed by atoms with E-state index in [9.17, 15) is 9.59 Å². The van der Waals surface area contributed by atoms with Crippen LogP contribution in [0.1, 0.15) is 46.0 Å². The van der Waals surface area contributed by atoms with Crippen molar-refractivity contribution in [2.75, 3.05) is 7.11 Å². The molecule has 0 aromatic carbocycles. The summed E-state index contributed by atoms with van der Waals surface area (Å²) in [5, 5.41) is 0. The average Bonchev–Trinajstić information content (AvgIpc) is 2.53. The van der Waals surface area contributed by atoms with Crippen molar-refractivity contribution in [1.29, 1.82) is 0 Å². The Balaban J connectivity index is 3.08. The van der Waals surface area contributed by atoms with Gasteiger partial charge in [-0.1, -0.05) is 0 Å². The van der Waals surface area contributed by atoms with E-state index < -0.39 is 11.9 Å². The van der Waals surface area contributed by atoms with E-state index in [0.717, 1.165) is 0 Å². The lowest BCUT2D eigenvalue weighted by atomic mass is 10.1. The summed E-state index contributed by atoms with van der Waals surface area (Å²) in [6.07, 6.45) is -0.206. The van der Waals surface area contributed by atoms with Gasteiger partial charge in [-0.2, -0.15) is 0 Å². The summed E-state index contributed by atoms with van der Waals surface area (Å²) in [6, 6.07) is 0. The van der Waals surface area contributed by atoms with E-state index in [-0.39, 0.29) is 6.10 Å². The molecule has 0 unspecified atom stereocenters. The number of H-pyrrole nitrogens is 1. The van der Waals surface area contributed by atoms with Crippen molar-refractivity contribution in [3.8, 4) is 0 Å². The monoisotopic (exact) mass is 254 g/mol. The molecule has 0 aliphatic carbocycles. The first-order valence-corrected chi connectivity index (χ1v) is 5.62. The topological polar surface area (TPSA) is 80.4 Å². The molecule has 1 amide bonds. The van der Waals surface area contributed by atoms with E-state index in [2.05, 4.69) is 15.3 Å². The van der Waals surface area contributed by atoms with Crippen LogP contribution >= 0.6 is 0 Å². The van der Waals surface area contributed by atoms with Crippen molar-refractivity contribution in [2.24, 2.45) is 0 Å². The number of esters is 1. The fraction of sp³-hybridized carbons (Fsp3) is 0.500. The molecule has 0 aliphatic rings. The number of ether oxygens (including phenoxy) is 1. The summed E-state index contributed by atoms with van der Waals surface area (Å²) in [5.41, 5.74) is 4.04. The van der Waals surface area contributed by atoms with Gasteiger partial charge in [-0.15, -0.1) is 0 Å². The fourth-order valence-corrected chi connectivity index (χ4v) is 1.70. The van der Waals surface area contributed by atoms with E-state index in [1.807, 2.05) is 0 Å². The number of hydroxylamine groups is 1. The van der Waals surface area contributed by atoms with E-state index >= 15 is 0 Å². The third kappa shape index (κ3) is 2.89. The van der Waals surface area contributed by atoms with Crippen LogP contribution in [0.3, 0.4) is 0 Å². The number of carbonyl (C=O) groups excluding carboxylic acids is 2. The van der Waals surface area contributed by atoms with Crippen LogP contribution in [-0.4, -0.2) is 30.1 Å². The number of hydrogen-bond acceptors (Lipinski definition) is 4. The van der Waals surface area contributed by atoms with Gasteiger partial charge in [-0.25, -0.2) is 10.3 Å². The molecule has 2 N–H and O–H groups in total. The van der Waals surface area contributed by atoms with Crippen LogP contribution in [0.25, 0.3) is 0 Å². The molecular weight excluding hydrogens is 236 g/mol. The molecule has 0 saturated carbocycles. The zero-order valence-corrected chi connectivity index (χ0v) is 11.2. The Morgan fingerprint density at radius 1 is 1.28 bits per heavy atom. The second-order valence-electron chi connectivity index (χ2n) is 4.21. The molecule has 100 valence electrons. The number of amides is 1. The van der Waals surface area contributed by atoms with Gasteiger partial charge in [-0.05, 0) is 33.3 Å². The Kier molecular flexibility index (Phi) is 4.49. The summed E-state index contributed by atoms with van der Waals surface area (Å²) in [5.74, 6) is -0.866. The number of hydrogen-bond donors (Lipinski definition) is 2. The van der Waals surface area contributed by atoms with Gasteiger partial charge >= 0.3 is 5.97 Å². The first-order chi connectivity index (χ1) is 8.38. The molecule has 18 heavy (non-hydrogen) atoms. The number of carbonyl (C=O) groups is 2. The molecule has 0 saturated heterocycles. The maximum absolute atomic E-state index is 11.9. The Labute approximate surface area is 106 Å². The van der Waals surface area contributed by atoms with Crippen molar-refractivity contribution >= 4 is 11.9 Å². The third-order valence-corrected chi connectivity index (χ3v) is 2.41. The zero-order valence-electron chi connectivity index (χ0n) is 11.2. The molecule has 0 aliphatic heterocycles. The minimum absolute atomic E-state index is 0.206. The lowest BCUT2D eigenvalue weighted by Gasteiger charge is -2.08. The smallest absolute Gasteiger partial charge is 0.340 e. The Morgan fingerprint density at radius 3 is 2.39 bits per heavy atom. The van der Waals surface area contributed by atoms with Gasteiger partial charge in [0, 0.05) is 5.69 Å². The SMILES string of the molecule is CONC(=O)c1[nH]c(C)c(C(=O)OC(C)C)c1C. The van der Waals surface area contributed by atoms with Crippen molar-refractivity contribution in [3.05, 3.63) is 22.5 Å². The molecule has 1 aromatic rings. The van der Waals surface area contributed by atoms with Crippen LogP contribution in [0, 0.1) is 13.8 Å². The third-order valence-electron chi connectivity index (χ3n) is 2.41. The molecule has 0 atom stereocenters. The van der Waals surface area contributed by atoms with Crippen molar-refractivity contribution in [2.45, 2.75) is 33.8 Å². The highest BCUT2D eigenvalue weighted by Gasteiger charge is 2.23. The van der Waals surface area contributed by atoms with Gasteiger partial charge in [0.25, 0.3) is 5.91 Å². The fourth-order valence-electron chi connectivity index (χ4n) is 1.70. The van der Waals surface area contributed by atoms with Crippen LogP contribution in [0.5, 0.6) is 0 Å². The number of aromatic amines is 1. The summed E-state index contributed by atoms with van der Waals surface area (Å²) in [7, 11) is 1.34. The second kappa shape index (κ2) is 5.68. The second-order valence-corrected chi connectivity index (χ2v) is 4.21. The Morgan fingerprint density at radius 2 is 1.89 bits per heavy atom. The molecular formula is C12H18N2O4. The van der Waals surface area contributed by atoms with Crippen LogP contribution in [-0.2, 0) is 9.57 Å². The predicted octanol–water partition coefficient (Wildman–Crippen LogP) is 1.49. The molecule has 1 heterocycles. The summed E-state index contributed by atoms with van der Waals surface area (Å²) in [6.45, 7) is 6.94. The van der Waals surface area contributed by atoms with Crippen LogP contribution in [0.15, 0.2) is 0 Å². The highest BCUT2D eigenvalue weighted by Crippen LogP contribution is 2.19. The summed E-state index contributed by atoms with van der Waals surface area (Å²) < 4.78 is 5.13. The van der Waals surface area contributed by atoms with Crippen molar-refractivity contribution in [1.82, 2.24) is 10.5 Å².